The van der Waals surface area contributed by atoms with Gasteiger partial charge in [0.05, 0.1) is 11.4 Å². The summed E-state index contributed by atoms with van der Waals surface area (Å²) in [6.45, 7) is 8.59. The normalized spacial score (nSPS) is 17.0. The van der Waals surface area contributed by atoms with Crippen LogP contribution in [-0.4, -0.2) is 29.2 Å². The maximum atomic E-state index is 12.3. The lowest BCUT2D eigenvalue weighted by Crippen LogP contribution is -2.37. The molecule has 2 amide bonds. The fourth-order valence-corrected chi connectivity index (χ4v) is 4.28. The fourth-order valence-electron chi connectivity index (χ4n) is 4.28. The van der Waals surface area contributed by atoms with Crippen LogP contribution in [0.4, 0.5) is 16.2 Å². The zero-order chi connectivity index (χ0) is 24.2. The highest BCUT2D eigenvalue weighted by atomic mass is 16.5. The van der Waals surface area contributed by atoms with E-state index >= 15 is 0 Å². The second kappa shape index (κ2) is 10.0. The second-order valence-electron chi connectivity index (χ2n) is 8.98. The molecule has 0 radical (unpaired) electrons. The summed E-state index contributed by atoms with van der Waals surface area (Å²) in [5, 5.41) is 16.0. The molecule has 2 aromatic carbocycles. The highest BCUT2D eigenvalue weighted by molar-refractivity contribution is 5.93. The molecule has 0 spiro atoms. The summed E-state index contributed by atoms with van der Waals surface area (Å²) in [5.74, 6) is 1.24. The Morgan fingerprint density at radius 1 is 1.15 bits per heavy atom. The standard InChI is InChI=1S/C25H35N5O3/c1-15-16(2)22-18(17(3)21(15)31)11-13-25(4,33-22)12-7-8-14-28-24(32)30-20-10-6-5-9-19(20)29-23(26)27/h5-6,9-10,31H,7-8,11-14H2,1-4H3,(H4,26,27,29)(H2,28,30,32). The van der Waals surface area contributed by atoms with Gasteiger partial charge in [-0.2, -0.15) is 0 Å². The molecule has 0 saturated carbocycles. The number of phenols is 1. The number of benzene rings is 2. The Labute approximate surface area is 195 Å². The predicted molar refractivity (Wildman–Crippen MR) is 132 cm³/mol. The van der Waals surface area contributed by atoms with Crippen molar-refractivity contribution in [3.05, 3.63) is 46.5 Å². The molecular formula is C25H35N5O3. The van der Waals surface area contributed by atoms with Crippen molar-refractivity contribution in [2.24, 2.45) is 16.5 Å². The minimum Gasteiger partial charge on any atom is -0.507 e. The first-order valence-electron chi connectivity index (χ1n) is 11.4. The molecule has 8 nitrogen and oxygen atoms in total. The Hall–Kier alpha value is -3.42. The number of urea groups is 1. The average molecular weight is 454 g/mol. The quantitative estimate of drug-likeness (QED) is 0.242. The lowest BCUT2D eigenvalue weighted by molar-refractivity contribution is 0.0524. The van der Waals surface area contributed by atoms with Crippen LogP contribution in [0.15, 0.2) is 29.3 Å². The lowest BCUT2D eigenvalue weighted by atomic mass is 9.85. The van der Waals surface area contributed by atoms with Crippen LogP contribution in [0.3, 0.4) is 0 Å². The second-order valence-corrected chi connectivity index (χ2v) is 8.98. The molecule has 1 aliphatic heterocycles. The van der Waals surface area contributed by atoms with E-state index in [-0.39, 0.29) is 17.6 Å². The zero-order valence-corrected chi connectivity index (χ0v) is 19.9. The van der Waals surface area contributed by atoms with E-state index in [9.17, 15) is 9.90 Å². The van der Waals surface area contributed by atoms with Gasteiger partial charge in [-0.1, -0.05) is 12.1 Å². The summed E-state index contributed by atoms with van der Waals surface area (Å²) in [7, 11) is 0. The molecule has 3 rings (SSSR count). The van der Waals surface area contributed by atoms with Crippen molar-refractivity contribution in [2.45, 2.75) is 65.4 Å². The SMILES string of the molecule is Cc1c(C)c2c(c(C)c1O)CCC(C)(CCCCNC(=O)Nc1ccccc1N=C(N)N)O2. The first kappa shape index (κ1) is 24.2. The Balaban J connectivity index is 1.48. The third-order valence-electron chi connectivity index (χ3n) is 6.41. The number of amides is 2. The number of hydrogen-bond acceptors (Lipinski definition) is 4. The van der Waals surface area contributed by atoms with Gasteiger partial charge in [-0.15, -0.1) is 0 Å². The van der Waals surface area contributed by atoms with Crippen LogP contribution in [-0.2, 0) is 6.42 Å². The van der Waals surface area contributed by atoms with Crippen LogP contribution in [0.1, 0.15) is 54.9 Å². The molecule has 0 bridgehead atoms. The summed E-state index contributed by atoms with van der Waals surface area (Å²) >= 11 is 0. The lowest BCUT2D eigenvalue weighted by Gasteiger charge is -2.38. The number of unbranched alkanes of at least 4 members (excludes halogenated alkanes) is 1. The fraction of sp³-hybridized carbons (Fsp3) is 0.440. The summed E-state index contributed by atoms with van der Waals surface area (Å²) in [5.41, 5.74) is 15.6. The largest absolute Gasteiger partial charge is 0.507 e. The number of carbonyl (C=O) groups excluding carboxylic acids is 1. The third-order valence-corrected chi connectivity index (χ3v) is 6.41. The van der Waals surface area contributed by atoms with Gasteiger partial charge in [-0.25, -0.2) is 9.79 Å². The Kier molecular flexibility index (Phi) is 7.36. The molecule has 0 saturated heterocycles. The Bertz CT molecular complexity index is 1060. The number of para-hydroxylation sites is 2. The van der Waals surface area contributed by atoms with Gasteiger partial charge >= 0.3 is 6.03 Å². The number of nitrogens with one attached hydrogen (secondary N) is 2. The Morgan fingerprint density at radius 2 is 1.88 bits per heavy atom. The van der Waals surface area contributed by atoms with Gasteiger partial charge < -0.3 is 31.9 Å². The molecule has 8 heteroatoms. The minimum atomic E-state index is -0.302. The maximum absolute atomic E-state index is 12.3. The van der Waals surface area contributed by atoms with Crippen LogP contribution in [0, 0.1) is 20.8 Å². The van der Waals surface area contributed by atoms with Gasteiger partial charge in [0.1, 0.15) is 17.1 Å². The van der Waals surface area contributed by atoms with Crippen LogP contribution in [0.2, 0.25) is 0 Å². The number of aliphatic imine (C=N–C) groups is 1. The number of nitrogens with zero attached hydrogens (tertiary/aromatic N) is 1. The highest BCUT2D eigenvalue weighted by Gasteiger charge is 2.34. The molecule has 1 aliphatic rings. The van der Waals surface area contributed by atoms with Crippen LogP contribution in [0.5, 0.6) is 11.5 Å². The third kappa shape index (κ3) is 5.69. The molecule has 1 unspecified atom stereocenters. The number of nitrogens with two attached hydrogens (primary N) is 2. The molecule has 7 N–H and O–H groups in total. The van der Waals surface area contributed by atoms with Crippen molar-refractivity contribution < 1.29 is 14.6 Å². The number of rotatable bonds is 7. The molecule has 1 heterocycles. The van der Waals surface area contributed by atoms with E-state index in [1.165, 1.54) is 0 Å². The van der Waals surface area contributed by atoms with Crippen LogP contribution in [0.25, 0.3) is 0 Å². The predicted octanol–water partition coefficient (Wildman–Crippen LogP) is 4.30. The van der Waals surface area contributed by atoms with E-state index in [2.05, 4.69) is 22.5 Å². The number of ether oxygens (including phenoxy) is 1. The van der Waals surface area contributed by atoms with Gasteiger partial charge in [0.25, 0.3) is 0 Å². The number of aromatic hydroxyl groups is 1. The van der Waals surface area contributed by atoms with Gasteiger partial charge in [-0.3, -0.25) is 0 Å². The Morgan fingerprint density at radius 3 is 2.61 bits per heavy atom. The van der Waals surface area contributed by atoms with E-state index in [1.807, 2.05) is 20.8 Å². The van der Waals surface area contributed by atoms with Crippen molar-refractivity contribution >= 4 is 23.4 Å². The van der Waals surface area contributed by atoms with Gasteiger partial charge in [0.2, 0.25) is 0 Å². The number of anilines is 1. The maximum Gasteiger partial charge on any atom is 0.319 e. The van der Waals surface area contributed by atoms with E-state index in [1.54, 1.807) is 24.3 Å². The number of fused-ring (bicyclic) bond motifs is 1. The molecule has 33 heavy (non-hydrogen) atoms. The molecule has 2 aromatic rings. The number of hydrogen-bond donors (Lipinski definition) is 5. The van der Waals surface area contributed by atoms with Crippen molar-refractivity contribution in [2.75, 3.05) is 11.9 Å². The first-order chi connectivity index (χ1) is 15.6. The van der Waals surface area contributed by atoms with E-state index in [4.69, 9.17) is 16.2 Å². The van der Waals surface area contributed by atoms with Gasteiger partial charge in [-0.05, 0) is 88.6 Å². The topological polar surface area (TPSA) is 135 Å². The molecular weight excluding hydrogens is 418 g/mol. The first-order valence-corrected chi connectivity index (χ1v) is 11.4. The smallest absolute Gasteiger partial charge is 0.319 e. The van der Waals surface area contributed by atoms with Crippen molar-refractivity contribution in [1.29, 1.82) is 0 Å². The van der Waals surface area contributed by atoms with Crippen molar-refractivity contribution in [3.8, 4) is 11.5 Å². The average Bonchev–Trinajstić information content (AvgIpc) is 2.77. The number of phenolic OH excluding ortho intramolecular Hbond substituents is 1. The molecule has 0 aromatic heterocycles. The summed E-state index contributed by atoms with van der Waals surface area (Å²) in [6, 6.07) is 6.76. The van der Waals surface area contributed by atoms with Gasteiger partial charge in [0.15, 0.2) is 5.96 Å². The van der Waals surface area contributed by atoms with Crippen molar-refractivity contribution in [3.63, 3.8) is 0 Å². The molecule has 0 aliphatic carbocycles. The van der Waals surface area contributed by atoms with Gasteiger partial charge in [0, 0.05) is 12.1 Å². The van der Waals surface area contributed by atoms with E-state index in [0.29, 0.717) is 23.7 Å². The van der Waals surface area contributed by atoms with E-state index < -0.39 is 0 Å². The monoisotopic (exact) mass is 453 g/mol. The van der Waals surface area contributed by atoms with Crippen LogP contribution >= 0.6 is 0 Å². The summed E-state index contributed by atoms with van der Waals surface area (Å²) < 4.78 is 6.47. The van der Waals surface area contributed by atoms with E-state index in [0.717, 1.165) is 60.1 Å². The summed E-state index contributed by atoms with van der Waals surface area (Å²) in [4.78, 5) is 16.3. The van der Waals surface area contributed by atoms with Crippen LogP contribution < -0.4 is 26.8 Å². The minimum absolute atomic E-state index is 0.0666. The zero-order valence-electron chi connectivity index (χ0n) is 19.9. The number of carbonyl (C=O) groups is 1. The molecule has 1 atom stereocenters. The highest BCUT2D eigenvalue weighted by Crippen LogP contribution is 2.44. The molecule has 178 valence electrons. The molecule has 0 fully saturated rings. The summed E-state index contributed by atoms with van der Waals surface area (Å²) in [6.07, 6.45) is 4.44. The number of guanidine groups is 1. The van der Waals surface area contributed by atoms with Crippen molar-refractivity contribution in [1.82, 2.24) is 5.32 Å².